The van der Waals surface area contributed by atoms with Gasteiger partial charge in [-0.3, -0.25) is 4.79 Å². The number of nitrogens with zero attached hydrogens (tertiary/aromatic N) is 1. The van der Waals surface area contributed by atoms with Crippen molar-refractivity contribution >= 4 is 5.78 Å². The molecule has 0 aliphatic rings. The molecule has 0 amide bonds. The van der Waals surface area contributed by atoms with Gasteiger partial charge >= 0.3 is 0 Å². The molecular weight excluding hydrogens is 190 g/mol. The fourth-order valence-corrected chi connectivity index (χ4v) is 1.47. The van der Waals surface area contributed by atoms with Gasteiger partial charge < -0.3 is 10.0 Å². The third-order valence-electron chi connectivity index (χ3n) is 2.30. The number of rotatable bonds is 3. The fourth-order valence-electron chi connectivity index (χ4n) is 1.47. The Morgan fingerprint density at radius 1 is 1.27 bits per heavy atom. The SMILES string of the molecule is Cc1cc(C(=O)CN(C)C)c(C)cc1O. The summed E-state index contributed by atoms with van der Waals surface area (Å²) in [5, 5.41) is 9.47. The van der Waals surface area contributed by atoms with E-state index in [2.05, 4.69) is 0 Å². The van der Waals surface area contributed by atoms with Crippen molar-refractivity contribution in [3.05, 3.63) is 28.8 Å². The van der Waals surface area contributed by atoms with E-state index in [1.165, 1.54) is 0 Å². The molecule has 1 N–H and O–H groups in total. The van der Waals surface area contributed by atoms with Gasteiger partial charge in [-0.25, -0.2) is 0 Å². The molecule has 0 radical (unpaired) electrons. The van der Waals surface area contributed by atoms with Gasteiger partial charge in [-0.05, 0) is 51.2 Å². The zero-order valence-electron chi connectivity index (χ0n) is 9.66. The average molecular weight is 207 g/mol. The van der Waals surface area contributed by atoms with Gasteiger partial charge in [-0.2, -0.15) is 0 Å². The summed E-state index contributed by atoms with van der Waals surface area (Å²) in [6, 6.07) is 3.38. The molecule has 15 heavy (non-hydrogen) atoms. The summed E-state index contributed by atoms with van der Waals surface area (Å²) in [6.45, 7) is 4.02. The first-order valence-corrected chi connectivity index (χ1v) is 4.90. The monoisotopic (exact) mass is 207 g/mol. The highest BCUT2D eigenvalue weighted by Crippen LogP contribution is 2.21. The molecule has 0 aliphatic carbocycles. The molecule has 82 valence electrons. The van der Waals surface area contributed by atoms with E-state index < -0.39 is 0 Å². The molecule has 0 atom stereocenters. The van der Waals surface area contributed by atoms with E-state index in [1.54, 1.807) is 19.1 Å². The number of benzene rings is 1. The average Bonchev–Trinajstić information content (AvgIpc) is 2.09. The molecule has 3 heteroatoms. The van der Waals surface area contributed by atoms with Crippen LogP contribution in [0.5, 0.6) is 5.75 Å². The number of likely N-dealkylation sites (N-methyl/N-ethyl adjacent to an activating group) is 1. The van der Waals surface area contributed by atoms with E-state index in [1.807, 2.05) is 25.9 Å². The Bertz CT molecular complexity index is 383. The van der Waals surface area contributed by atoms with Gasteiger partial charge in [0, 0.05) is 5.56 Å². The molecule has 0 unspecified atom stereocenters. The van der Waals surface area contributed by atoms with Crippen molar-refractivity contribution in [3.63, 3.8) is 0 Å². The molecule has 1 rings (SSSR count). The second-order valence-corrected chi connectivity index (χ2v) is 4.11. The predicted molar refractivity (Wildman–Crippen MR) is 60.5 cm³/mol. The molecule has 0 heterocycles. The van der Waals surface area contributed by atoms with Crippen LogP contribution in [0.3, 0.4) is 0 Å². The van der Waals surface area contributed by atoms with Crippen LogP contribution in [0, 0.1) is 13.8 Å². The van der Waals surface area contributed by atoms with Gasteiger partial charge in [0.1, 0.15) is 5.75 Å². The summed E-state index contributed by atoms with van der Waals surface area (Å²) in [7, 11) is 3.72. The van der Waals surface area contributed by atoms with E-state index in [0.717, 1.165) is 11.1 Å². The number of carbonyl (C=O) groups excluding carboxylic acids is 1. The Morgan fingerprint density at radius 3 is 2.40 bits per heavy atom. The van der Waals surface area contributed by atoms with Crippen LogP contribution in [-0.4, -0.2) is 36.4 Å². The molecule has 0 aliphatic heterocycles. The zero-order valence-corrected chi connectivity index (χ0v) is 9.66. The smallest absolute Gasteiger partial charge is 0.177 e. The van der Waals surface area contributed by atoms with Crippen LogP contribution in [0.4, 0.5) is 0 Å². The van der Waals surface area contributed by atoms with Crippen molar-refractivity contribution in [1.82, 2.24) is 4.90 Å². The number of hydrogen-bond acceptors (Lipinski definition) is 3. The molecule has 1 aromatic carbocycles. The van der Waals surface area contributed by atoms with Gasteiger partial charge in [0.2, 0.25) is 0 Å². The van der Waals surface area contributed by atoms with Crippen molar-refractivity contribution in [1.29, 1.82) is 0 Å². The lowest BCUT2D eigenvalue weighted by Gasteiger charge is -2.11. The Hall–Kier alpha value is -1.35. The topological polar surface area (TPSA) is 40.5 Å². The molecule has 0 aromatic heterocycles. The van der Waals surface area contributed by atoms with E-state index in [9.17, 15) is 9.90 Å². The van der Waals surface area contributed by atoms with Gasteiger partial charge in [0.05, 0.1) is 6.54 Å². The summed E-state index contributed by atoms with van der Waals surface area (Å²) >= 11 is 0. The Balaban J connectivity index is 3.04. The van der Waals surface area contributed by atoms with Gasteiger partial charge in [-0.1, -0.05) is 0 Å². The Kier molecular flexibility index (Phi) is 3.48. The molecule has 0 saturated heterocycles. The van der Waals surface area contributed by atoms with Gasteiger partial charge in [-0.15, -0.1) is 0 Å². The first-order chi connectivity index (χ1) is 6.91. The van der Waals surface area contributed by atoms with Crippen LogP contribution < -0.4 is 0 Å². The minimum Gasteiger partial charge on any atom is -0.508 e. The third-order valence-corrected chi connectivity index (χ3v) is 2.30. The number of phenols is 1. The predicted octanol–water partition coefficient (Wildman–Crippen LogP) is 1.75. The second kappa shape index (κ2) is 4.45. The van der Waals surface area contributed by atoms with Crippen molar-refractivity contribution in [3.8, 4) is 5.75 Å². The number of aryl methyl sites for hydroxylation is 2. The van der Waals surface area contributed by atoms with E-state index in [-0.39, 0.29) is 11.5 Å². The number of aromatic hydroxyl groups is 1. The van der Waals surface area contributed by atoms with Crippen LogP contribution in [0.25, 0.3) is 0 Å². The molecule has 0 fully saturated rings. The summed E-state index contributed by atoms with van der Waals surface area (Å²) in [5.41, 5.74) is 2.26. The van der Waals surface area contributed by atoms with Crippen LogP contribution in [-0.2, 0) is 0 Å². The molecule has 1 aromatic rings. The number of Topliss-reactive ketones (excluding diaryl/α,β-unsaturated/α-hetero) is 1. The zero-order chi connectivity index (χ0) is 11.6. The Morgan fingerprint density at radius 2 is 1.87 bits per heavy atom. The lowest BCUT2D eigenvalue weighted by Crippen LogP contribution is -2.22. The quantitative estimate of drug-likeness (QED) is 0.768. The first-order valence-electron chi connectivity index (χ1n) is 4.90. The fraction of sp³-hybridized carbons (Fsp3) is 0.417. The third kappa shape index (κ3) is 2.80. The van der Waals surface area contributed by atoms with Crippen molar-refractivity contribution < 1.29 is 9.90 Å². The highest BCUT2D eigenvalue weighted by molar-refractivity contribution is 5.99. The molecular formula is C12H17NO2. The van der Waals surface area contributed by atoms with Crippen LogP contribution in [0.15, 0.2) is 12.1 Å². The van der Waals surface area contributed by atoms with E-state index in [0.29, 0.717) is 12.1 Å². The van der Waals surface area contributed by atoms with Gasteiger partial charge in [0.15, 0.2) is 5.78 Å². The Labute approximate surface area is 90.3 Å². The summed E-state index contributed by atoms with van der Waals surface area (Å²) in [6.07, 6.45) is 0. The molecule has 0 saturated carbocycles. The maximum absolute atomic E-state index is 11.8. The highest BCUT2D eigenvalue weighted by atomic mass is 16.3. The van der Waals surface area contributed by atoms with Crippen LogP contribution in [0.1, 0.15) is 21.5 Å². The summed E-state index contributed by atoms with van der Waals surface area (Å²) < 4.78 is 0. The van der Waals surface area contributed by atoms with Crippen molar-refractivity contribution in [2.45, 2.75) is 13.8 Å². The molecule has 3 nitrogen and oxygen atoms in total. The standard InChI is InChI=1S/C12H17NO2/c1-8-6-11(14)9(2)5-10(8)12(15)7-13(3)4/h5-6,14H,7H2,1-4H3. The lowest BCUT2D eigenvalue weighted by molar-refractivity contribution is 0.0957. The van der Waals surface area contributed by atoms with E-state index in [4.69, 9.17) is 0 Å². The number of phenolic OH excluding ortho intramolecular Hbond substituents is 1. The largest absolute Gasteiger partial charge is 0.508 e. The molecule has 0 spiro atoms. The van der Waals surface area contributed by atoms with E-state index >= 15 is 0 Å². The van der Waals surface area contributed by atoms with Gasteiger partial charge in [0.25, 0.3) is 0 Å². The number of ketones is 1. The van der Waals surface area contributed by atoms with Crippen LogP contribution in [0.2, 0.25) is 0 Å². The normalized spacial score (nSPS) is 10.7. The van der Waals surface area contributed by atoms with Crippen molar-refractivity contribution in [2.24, 2.45) is 0 Å². The number of hydrogen-bond donors (Lipinski definition) is 1. The first kappa shape index (κ1) is 11.7. The maximum atomic E-state index is 11.8. The minimum atomic E-state index is 0.0839. The van der Waals surface area contributed by atoms with Crippen LogP contribution >= 0.6 is 0 Å². The highest BCUT2D eigenvalue weighted by Gasteiger charge is 2.11. The molecule has 0 bridgehead atoms. The summed E-state index contributed by atoms with van der Waals surface area (Å²) in [5.74, 6) is 0.328. The second-order valence-electron chi connectivity index (χ2n) is 4.11. The minimum absolute atomic E-state index is 0.0839. The number of carbonyl (C=O) groups is 1. The van der Waals surface area contributed by atoms with Crippen molar-refractivity contribution in [2.75, 3.05) is 20.6 Å². The summed E-state index contributed by atoms with van der Waals surface area (Å²) in [4.78, 5) is 13.7. The lowest BCUT2D eigenvalue weighted by atomic mass is 10.0. The maximum Gasteiger partial charge on any atom is 0.177 e.